The largest absolute Gasteiger partial charge is 0.497 e. The number of carbonyl (C=O) groups is 3. The number of carbonyl (C=O) groups excluding carboxylic acids is 2. The van der Waals surface area contributed by atoms with Gasteiger partial charge < -0.3 is 20.5 Å². The second-order valence-electron chi connectivity index (χ2n) is 4.30. The summed E-state index contributed by atoms with van der Waals surface area (Å²) in [6, 6.07) is 7.38. The van der Waals surface area contributed by atoms with Crippen molar-refractivity contribution in [3.63, 3.8) is 0 Å². The van der Waals surface area contributed by atoms with Crippen LogP contribution in [-0.4, -0.2) is 43.1 Å². The zero-order chi connectivity index (χ0) is 15.7. The third-order valence-electron chi connectivity index (χ3n) is 2.66. The standard InChI is InChI=1S/C14H18N2O5/c1-21-11-4-2-3-10(7-11)5-6-12(17)15-8-13(18)16-9-14(19)20/h2-4,7H,5-6,8-9H2,1H3,(H,15,17)(H,16,18)(H,19,20). The molecule has 0 atom stereocenters. The molecule has 0 spiro atoms. The van der Waals surface area contributed by atoms with Gasteiger partial charge in [-0.3, -0.25) is 14.4 Å². The van der Waals surface area contributed by atoms with E-state index < -0.39 is 18.4 Å². The van der Waals surface area contributed by atoms with Gasteiger partial charge in [0.2, 0.25) is 11.8 Å². The zero-order valence-corrected chi connectivity index (χ0v) is 11.7. The molecule has 0 aromatic heterocycles. The molecule has 0 fully saturated rings. The van der Waals surface area contributed by atoms with Crippen LogP contribution in [0.2, 0.25) is 0 Å². The van der Waals surface area contributed by atoms with Gasteiger partial charge in [0.05, 0.1) is 13.7 Å². The van der Waals surface area contributed by atoms with Crippen LogP contribution >= 0.6 is 0 Å². The second kappa shape index (κ2) is 8.57. The smallest absolute Gasteiger partial charge is 0.322 e. The predicted molar refractivity (Wildman–Crippen MR) is 75.0 cm³/mol. The Bertz CT molecular complexity index is 516. The van der Waals surface area contributed by atoms with Gasteiger partial charge in [-0.15, -0.1) is 0 Å². The highest BCUT2D eigenvalue weighted by Gasteiger charge is 2.07. The van der Waals surface area contributed by atoms with Gasteiger partial charge in [-0.25, -0.2) is 0 Å². The molecule has 21 heavy (non-hydrogen) atoms. The van der Waals surface area contributed by atoms with Crippen LogP contribution in [0.4, 0.5) is 0 Å². The maximum absolute atomic E-state index is 11.6. The molecule has 0 bridgehead atoms. The van der Waals surface area contributed by atoms with Crippen molar-refractivity contribution in [3.8, 4) is 5.75 Å². The average Bonchev–Trinajstić information content (AvgIpc) is 2.49. The molecule has 1 aromatic rings. The topological polar surface area (TPSA) is 105 Å². The van der Waals surface area contributed by atoms with E-state index in [1.165, 1.54) is 0 Å². The van der Waals surface area contributed by atoms with Gasteiger partial charge in [-0.2, -0.15) is 0 Å². The Morgan fingerprint density at radius 3 is 2.52 bits per heavy atom. The highest BCUT2D eigenvalue weighted by molar-refractivity contribution is 5.86. The lowest BCUT2D eigenvalue weighted by atomic mass is 10.1. The van der Waals surface area contributed by atoms with E-state index in [1.54, 1.807) is 7.11 Å². The molecule has 0 unspecified atom stereocenters. The minimum absolute atomic E-state index is 0.232. The molecule has 0 aliphatic rings. The van der Waals surface area contributed by atoms with Gasteiger partial charge in [0.25, 0.3) is 0 Å². The molecular weight excluding hydrogens is 276 g/mol. The van der Waals surface area contributed by atoms with Crippen LogP contribution in [0.3, 0.4) is 0 Å². The van der Waals surface area contributed by atoms with E-state index in [1.807, 2.05) is 24.3 Å². The van der Waals surface area contributed by atoms with Crippen molar-refractivity contribution >= 4 is 17.8 Å². The second-order valence-corrected chi connectivity index (χ2v) is 4.30. The van der Waals surface area contributed by atoms with Gasteiger partial charge in [0, 0.05) is 6.42 Å². The van der Waals surface area contributed by atoms with Crippen molar-refractivity contribution in [1.29, 1.82) is 0 Å². The van der Waals surface area contributed by atoms with Crippen molar-refractivity contribution in [2.45, 2.75) is 12.8 Å². The Morgan fingerprint density at radius 1 is 1.14 bits per heavy atom. The number of methoxy groups -OCH3 is 1. The lowest BCUT2D eigenvalue weighted by molar-refractivity contribution is -0.137. The fraction of sp³-hybridized carbons (Fsp3) is 0.357. The molecule has 0 saturated heterocycles. The lowest BCUT2D eigenvalue weighted by Gasteiger charge is -2.06. The van der Waals surface area contributed by atoms with E-state index in [4.69, 9.17) is 9.84 Å². The SMILES string of the molecule is COc1cccc(CCC(=O)NCC(=O)NCC(=O)O)c1. The number of carboxylic acid groups (broad SMARTS) is 1. The molecule has 0 radical (unpaired) electrons. The zero-order valence-electron chi connectivity index (χ0n) is 11.7. The number of benzene rings is 1. The summed E-state index contributed by atoms with van der Waals surface area (Å²) < 4.78 is 5.09. The number of carboxylic acids is 1. The van der Waals surface area contributed by atoms with Crippen LogP contribution in [-0.2, 0) is 20.8 Å². The van der Waals surface area contributed by atoms with Gasteiger partial charge in [-0.05, 0) is 24.1 Å². The third kappa shape index (κ3) is 6.95. The first-order valence-corrected chi connectivity index (χ1v) is 6.39. The van der Waals surface area contributed by atoms with Crippen molar-refractivity contribution in [2.75, 3.05) is 20.2 Å². The molecule has 0 saturated carbocycles. The fourth-order valence-corrected chi connectivity index (χ4v) is 1.59. The highest BCUT2D eigenvalue weighted by atomic mass is 16.5. The normalized spacial score (nSPS) is 9.76. The van der Waals surface area contributed by atoms with Crippen molar-refractivity contribution < 1.29 is 24.2 Å². The van der Waals surface area contributed by atoms with E-state index in [-0.39, 0.29) is 18.9 Å². The Kier molecular flexibility index (Phi) is 6.73. The van der Waals surface area contributed by atoms with Gasteiger partial charge in [0.15, 0.2) is 0 Å². The first-order chi connectivity index (χ1) is 10.0. The number of amides is 2. The first kappa shape index (κ1) is 16.5. The molecule has 7 nitrogen and oxygen atoms in total. The molecule has 114 valence electrons. The summed E-state index contributed by atoms with van der Waals surface area (Å²) in [5, 5.41) is 13.0. The summed E-state index contributed by atoms with van der Waals surface area (Å²) in [4.78, 5) is 33.0. The summed E-state index contributed by atoms with van der Waals surface area (Å²) in [7, 11) is 1.57. The molecular formula is C14H18N2O5. The molecule has 2 amide bonds. The molecule has 3 N–H and O–H groups in total. The van der Waals surface area contributed by atoms with Crippen LogP contribution in [0.5, 0.6) is 5.75 Å². The van der Waals surface area contributed by atoms with Crippen LogP contribution in [0.1, 0.15) is 12.0 Å². The van der Waals surface area contributed by atoms with Crippen LogP contribution in [0, 0.1) is 0 Å². The molecule has 1 aromatic carbocycles. The van der Waals surface area contributed by atoms with Crippen molar-refractivity contribution in [2.24, 2.45) is 0 Å². The minimum Gasteiger partial charge on any atom is -0.497 e. The number of aliphatic carboxylic acids is 1. The molecule has 1 rings (SSSR count). The molecule has 0 heterocycles. The summed E-state index contributed by atoms with van der Waals surface area (Å²) in [6.07, 6.45) is 0.763. The van der Waals surface area contributed by atoms with Crippen LogP contribution < -0.4 is 15.4 Å². The maximum atomic E-state index is 11.6. The monoisotopic (exact) mass is 294 g/mol. The Labute approximate surface area is 122 Å². The summed E-state index contributed by atoms with van der Waals surface area (Å²) in [5.74, 6) is -1.22. The Morgan fingerprint density at radius 2 is 1.86 bits per heavy atom. The average molecular weight is 294 g/mol. The van der Waals surface area contributed by atoms with Crippen LogP contribution in [0.25, 0.3) is 0 Å². The van der Waals surface area contributed by atoms with Crippen molar-refractivity contribution in [1.82, 2.24) is 10.6 Å². The van der Waals surface area contributed by atoms with E-state index >= 15 is 0 Å². The minimum atomic E-state index is -1.13. The van der Waals surface area contributed by atoms with Gasteiger partial charge >= 0.3 is 5.97 Å². The number of aryl methyl sites for hydroxylation is 1. The van der Waals surface area contributed by atoms with E-state index in [0.29, 0.717) is 6.42 Å². The fourth-order valence-electron chi connectivity index (χ4n) is 1.59. The van der Waals surface area contributed by atoms with E-state index in [0.717, 1.165) is 11.3 Å². The molecule has 7 heteroatoms. The number of hydrogen-bond donors (Lipinski definition) is 3. The highest BCUT2D eigenvalue weighted by Crippen LogP contribution is 2.13. The molecule has 0 aliphatic carbocycles. The quantitative estimate of drug-likeness (QED) is 0.623. The Balaban J connectivity index is 2.27. The number of ether oxygens (including phenoxy) is 1. The maximum Gasteiger partial charge on any atom is 0.322 e. The van der Waals surface area contributed by atoms with Crippen molar-refractivity contribution in [3.05, 3.63) is 29.8 Å². The summed E-state index contributed by atoms with van der Waals surface area (Å²) in [6.45, 7) is -0.692. The molecule has 0 aliphatic heterocycles. The third-order valence-corrected chi connectivity index (χ3v) is 2.66. The predicted octanol–water partition coefficient (Wildman–Crippen LogP) is -0.0552. The summed E-state index contributed by atoms with van der Waals surface area (Å²) in [5.41, 5.74) is 0.958. The van der Waals surface area contributed by atoms with Gasteiger partial charge in [0.1, 0.15) is 12.3 Å². The van der Waals surface area contributed by atoms with Crippen LogP contribution in [0.15, 0.2) is 24.3 Å². The number of nitrogens with one attached hydrogen (secondary N) is 2. The Hall–Kier alpha value is -2.57. The first-order valence-electron chi connectivity index (χ1n) is 6.39. The van der Waals surface area contributed by atoms with E-state index in [9.17, 15) is 14.4 Å². The van der Waals surface area contributed by atoms with E-state index in [2.05, 4.69) is 10.6 Å². The summed E-state index contributed by atoms with van der Waals surface area (Å²) >= 11 is 0. The number of hydrogen-bond acceptors (Lipinski definition) is 4. The lowest BCUT2D eigenvalue weighted by Crippen LogP contribution is -2.39. The van der Waals surface area contributed by atoms with Gasteiger partial charge in [-0.1, -0.05) is 12.1 Å². The number of rotatable bonds is 8.